The summed E-state index contributed by atoms with van der Waals surface area (Å²) >= 11 is 0. The molecule has 0 aromatic carbocycles. The number of carboxylic acid groups (broad SMARTS) is 1. The molecule has 9 heteroatoms. The molecular weight excluding hydrogens is 300 g/mol. The Bertz CT molecular complexity index is 619. The predicted molar refractivity (Wildman–Crippen MR) is 73.3 cm³/mol. The second-order valence-corrected chi connectivity index (χ2v) is 6.94. The number of carbonyl (C=O) groups excluding carboxylic acids is 1. The number of furan rings is 1. The second kappa shape index (κ2) is 6.72. The van der Waals surface area contributed by atoms with Gasteiger partial charge in [-0.05, 0) is 5.92 Å². The van der Waals surface area contributed by atoms with Gasteiger partial charge in [0.1, 0.15) is 6.26 Å². The highest BCUT2D eigenvalue weighted by atomic mass is 32.2. The van der Waals surface area contributed by atoms with Crippen molar-refractivity contribution in [2.24, 2.45) is 5.92 Å². The Morgan fingerprint density at radius 3 is 2.57 bits per heavy atom. The average molecular weight is 318 g/mol. The van der Waals surface area contributed by atoms with Gasteiger partial charge < -0.3 is 14.8 Å². The molecule has 2 N–H and O–H groups in total. The van der Waals surface area contributed by atoms with Crippen LogP contribution in [0.2, 0.25) is 0 Å². The van der Waals surface area contributed by atoms with Crippen LogP contribution in [0.15, 0.2) is 21.8 Å². The predicted octanol–water partition coefficient (Wildman–Crippen LogP) is 0.370. The first-order valence-corrected chi connectivity index (χ1v) is 7.59. The van der Waals surface area contributed by atoms with Crippen LogP contribution in [0.3, 0.4) is 0 Å². The fraction of sp³-hybridized carbons (Fsp3) is 0.500. The lowest BCUT2D eigenvalue weighted by Crippen LogP contribution is -2.29. The lowest BCUT2D eigenvalue weighted by molar-refractivity contribution is -0.137. The highest BCUT2D eigenvalue weighted by Crippen LogP contribution is 2.16. The minimum absolute atomic E-state index is 0.0636. The number of hydrogen-bond donors (Lipinski definition) is 2. The van der Waals surface area contributed by atoms with Gasteiger partial charge in [-0.15, -0.1) is 0 Å². The standard InChI is InChI=1S/C12H18N2O6S/c1-8(4-10(15)16)6-13-12(17)9-5-11(20-7-9)21(18,19)14(2)3/h5,7-8H,4,6H2,1-3H3,(H,13,17)(H,15,16). The third kappa shape index (κ3) is 4.57. The molecule has 0 aliphatic rings. The molecule has 0 fully saturated rings. The lowest BCUT2D eigenvalue weighted by atomic mass is 10.1. The third-order valence-electron chi connectivity index (χ3n) is 2.71. The molecule has 1 rings (SSSR count). The zero-order valence-corrected chi connectivity index (χ0v) is 12.8. The van der Waals surface area contributed by atoms with Gasteiger partial charge in [-0.2, -0.15) is 0 Å². The third-order valence-corrected chi connectivity index (χ3v) is 4.39. The van der Waals surface area contributed by atoms with Gasteiger partial charge in [-0.1, -0.05) is 6.92 Å². The second-order valence-electron chi connectivity index (χ2n) is 4.85. The van der Waals surface area contributed by atoms with Gasteiger partial charge in [0.25, 0.3) is 15.9 Å². The maximum Gasteiger partial charge on any atom is 0.303 e. The average Bonchev–Trinajstić information content (AvgIpc) is 2.85. The van der Waals surface area contributed by atoms with E-state index < -0.39 is 21.9 Å². The molecule has 21 heavy (non-hydrogen) atoms. The maximum atomic E-state index is 11.8. The van der Waals surface area contributed by atoms with Crippen LogP contribution in [0.5, 0.6) is 0 Å². The van der Waals surface area contributed by atoms with Crippen molar-refractivity contribution in [1.82, 2.24) is 9.62 Å². The molecule has 0 aliphatic carbocycles. The summed E-state index contributed by atoms with van der Waals surface area (Å²) < 4.78 is 29.5. The number of carbonyl (C=O) groups is 2. The molecular formula is C12H18N2O6S. The number of sulfonamides is 1. The van der Waals surface area contributed by atoms with Crippen molar-refractivity contribution in [3.05, 3.63) is 17.9 Å². The van der Waals surface area contributed by atoms with Crippen LogP contribution in [-0.2, 0) is 14.8 Å². The van der Waals surface area contributed by atoms with Gasteiger partial charge in [-0.25, -0.2) is 12.7 Å². The van der Waals surface area contributed by atoms with E-state index in [1.54, 1.807) is 6.92 Å². The van der Waals surface area contributed by atoms with E-state index in [2.05, 4.69) is 5.32 Å². The molecule has 118 valence electrons. The van der Waals surface area contributed by atoms with Crippen LogP contribution in [0.4, 0.5) is 0 Å². The first-order chi connectivity index (χ1) is 9.64. The molecule has 0 saturated heterocycles. The van der Waals surface area contributed by atoms with Gasteiger partial charge >= 0.3 is 5.97 Å². The largest absolute Gasteiger partial charge is 0.481 e. The highest BCUT2D eigenvalue weighted by molar-refractivity contribution is 7.88. The summed E-state index contributed by atoms with van der Waals surface area (Å²) in [5, 5.41) is 10.8. The Kier molecular flexibility index (Phi) is 5.50. The molecule has 8 nitrogen and oxygen atoms in total. The summed E-state index contributed by atoms with van der Waals surface area (Å²) in [7, 11) is -1.02. The first kappa shape index (κ1) is 17.2. The van der Waals surface area contributed by atoms with Crippen molar-refractivity contribution in [2.45, 2.75) is 18.4 Å². The van der Waals surface area contributed by atoms with E-state index in [9.17, 15) is 18.0 Å². The van der Waals surface area contributed by atoms with E-state index in [-0.39, 0.29) is 29.5 Å². The lowest BCUT2D eigenvalue weighted by Gasteiger charge is -2.09. The number of carboxylic acids is 1. The zero-order valence-electron chi connectivity index (χ0n) is 12.0. The van der Waals surface area contributed by atoms with Crippen molar-refractivity contribution >= 4 is 21.9 Å². The Hall–Kier alpha value is -1.87. The topological polar surface area (TPSA) is 117 Å². The molecule has 1 unspecified atom stereocenters. The van der Waals surface area contributed by atoms with Crippen LogP contribution in [0.25, 0.3) is 0 Å². The molecule has 1 atom stereocenters. The SMILES string of the molecule is CC(CNC(=O)c1coc(S(=O)(=O)N(C)C)c1)CC(=O)O. The number of aliphatic carboxylic acids is 1. The van der Waals surface area contributed by atoms with Crippen molar-refractivity contribution in [3.63, 3.8) is 0 Å². The molecule has 0 bridgehead atoms. The normalized spacial score (nSPS) is 13.1. The molecule has 1 amide bonds. The van der Waals surface area contributed by atoms with E-state index in [4.69, 9.17) is 9.52 Å². The first-order valence-electron chi connectivity index (χ1n) is 6.15. The fourth-order valence-corrected chi connectivity index (χ4v) is 2.30. The van der Waals surface area contributed by atoms with E-state index in [1.165, 1.54) is 14.1 Å². The minimum atomic E-state index is -3.73. The van der Waals surface area contributed by atoms with Gasteiger partial charge in [0.15, 0.2) is 0 Å². The molecule has 0 spiro atoms. The number of amides is 1. The van der Waals surface area contributed by atoms with Crippen molar-refractivity contribution in [2.75, 3.05) is 20.6 Å². The zero-order chi connectivity index (χ0) is 16.2. The molecule has 0 radical (unpaired) electrons. The molecule has 1 heterocycles. The fourth-order valence-electron chi connectivity index (χ4n) is 1.49. The highest BCUT2D eigenvalue weighted by Gasteiger charge is 2.23. The monoisotopic (exact) mass is 318 g/mol. The van der Waals surface area contributed by atoms with Gasteiger partial charge in [0, 0.05) is 33.1 Å². The minimum Gasteiger partial charge on any atom is -0.481 e. The quantitative estimate of drug-likeness (QED) is 0.750. The Morgan fingerprint density at radius 1 is 1.43 bits per heavy atom. The van der Waals surface area contributed by atoms with E-state index in [0.717, 1.165) is 16.6 Å². The van der Waals surface area contributed by atoms with Crippen molar-refractivity contribution in [3.8, 4) is 0 Å². The van der Waals surface area contributed by atoms with E-state index in [0.29, 0.717) is 0 Å². The maximum absolute atomic E-state index is 11.8. The summed E-state index contributed by atoms with van der Waals surface area (Å²) in [5.41, 5.74) is 0.0675. The van der Waals surface area contributed by atoms with E-state index in [1.807, 2.05) is 0 Å². The number of nitrogens with one attached hydrogen (secondary N) is 1. The summed E-state index contributed by atoms with van der Waals surface area (Å²) in [6, 6.07) is 1.13. The van der Waals surface area contributed by atoms with E-state index >= 15 is 0 Å². The Balaban J connectivity index is 2.69. The molecule has 1 aromatic rings. The summed E-state index contributed by atoms with van der Waals surface area (Å²) in [4.78, 5) is 22.3. The molecule has 0 aliphatic heterocycles. The number of nitrogens with zero attached hydrogens (tertiary/aromatic N) is 1. The smallest absolute Gasteiger partial charge is 0.303 e. The van der Waals surface area contributed by atoms with Gasteiger partial charge in [0.05, 0.1) is 5.56 Å². The van der Waals surface area contributed by atoms with Crippen LogP contribution >= 0.6 is 0 Å². The summed E-state index contributed by atoms with van der Waals surface area (Å²) in [6.07, 6.45) is 0.986. The molecule has 1 aromatic heterocycles. The van der Waals surface area contributed by atoms with Crippen molar-refractivity contribution < 1.29 is 27.5 Å². The Morgan fingerprint density at radius 2 is 2.05 bits per heavy atom. The number of rotatable bonds is 7. The van der Waals surface area contributed by atoms with Crippen LogP contribution < -0.4 is 5.32 Å². The summed E-state index contributed by atoms with van der Waals surface area (Å²) in [6.45, 7) is 1.86. The summed E-state index contributed by atoms with van der Waals surface area (Å²) in [5.74, 6) is -1.70. The number of hydrogen-bond acceptors (Lipinski definition) is 5. The van der Waals surface area contributed by atoms with Crippen molar-refractivity contribution in [1.29, 1.82) is 0 Å². The van der Waals surface area contributed by atoms with Gasteiger partial charge in [-0.3, -0.25) is 9.59 Å². The van der Waals surface area contributed by atoms with Crippen LogP contribution in [-0.4, -0.2) is 50.3 Å². The Labute approximate surface area is 122 Å². The van der Waals surface area contributed by atoms with Crippen LogP contribution in [0, 0.1) is 5.92 Å². The van der Waals surface area contributed by atoms with Gasteiger partial charge in [0.2, 0.25) is 5.09 Å². The molecule has 0 saturated carbocycles. The van der Waals surface area contributed by atoms with Crippen LogP contribution in [0.1, 0.15) is 23.7 Å².